The van der Waals surface area contributed by atoms with Crippen molar-refractivity contribution < 1.29 is 0 Å². The number of hydrogen-bond donors (Lipinski definition) is 2. The van der Waals surface area contributed by atoms with Crippen molar-refractivity contribution in [1.82, 2.24) is 9.80 Å². The van der Waals surface area contributed by atoms with Gasteiger partial charge in [0.05, 0.1) is 0 Å². The van der Waals surface area contributed by atoms with Crippen molar-refractivity contribution in [2.75, 3.05) is 51.6 Å². The van der Waals surface area contributed by atoms with Crippen molar-refractivity contribution in [3.8, 4) is 0 Å². The minimum absolute atomic E-state index is 0.512. The summed E-state index contributed by atoms with van der Waals surface area (Å²) in [7, 11) is 2.19. The number of unbranched alkanes of at least 4 members (excludes halogenated alkanes) is 1. The van der Waals surface area contributed by atoms with Gasteiger partial charge in [-0.1, -0.05) is 19.1 Å². The molecular weight excluding hydrogens is 286 g/mol. The van der Waals surface area contributed by atoms with E-state index < -0.39 is 0 Å². The molecule has 0 radical (unpaired) electrons. The van der Waals surface area contributed by atoms with E-state index in [0.717, 1.165) is 25.1 Å². The Morgan fingerprint density at radius 2 is 2.00 bits per heavy atom. The molecule has 1 saturated heterocycles. The van der Waals surface area contributed by atoms with Crippen LogP contribution in [0.1, 0.15) is 25.3 Å². The number of guanidine groups is 1. The number of rotatable bonds is 7. The van der Waals surface area contributed by atoms with Crippen LogP contribution >= 0.6 is 0 Å². The van der Waals surface area contributed by atoms with Gasteiger partial charge in [-0.2, -0.15) is 0 Å². The molecule has 5 nitrogen and oxygen atoms in total. The van der Waals surface area contributed by atoms with Crippen LogP contribution in [0.3, 0.4) is 0 Å². The Labute approximate surface area is 140 Å². The van der Waals surface area contributed by atoms with Crippen LogP contribution in [0.15, 0.2) is 29.3 Å². The Bertz CT molecular complexity index is 492. The topological polar surface area (TPSA) is 56.9 Å². The average Bonchev–Trinajstić information content (AvgIpc) is 2.56. The van der Waals surface area contributed by atoms with Crippen LogP contribution in [-0.2, 0) is 6.42 Å². The summed E-state index contributed by atoms with van der Waals surface area (Å²) in [6.45, 7) is 8.87. The number of aliphatic imine (C=N–C) groups is 1. The minimum atomic E-state index is 0.512. The van der Waals surface area contributed by atoms with Crippen LogP contribution < -0.4 is 11.1 Å². The Morgan fingerprint density at radius 1 is 1.22 bits per heavy atom. The fourth-order valence-corrected chi connectivity index (χ4v) is 2.77. The van der Waals surface area contributed by atoms with E-state index in [1.54, 1.807) is 0 Å². The first-order chi connectivity index (χ1) is 11.2. The van der Waals surface area contributed by atoms with E-state index in [0.29, 0.717) is 5.96 Å². The zero-order valence-electron chi connectivity index (χ0n) is 14.6. The molecule has 1 aliphatic rings. The maximum absolute atomic E-state index is 5.96. The van der Waals surface area contributed by atoms with Crippen LogP contribution in [0.25, 0.3) is 0 Å². The minimum Gasteiger partial charge on any atom is -0.370 e. The van der Waals surface area contributed by atoms with E-state index in [9.17, 15) is 0 Å². The summed E-state index contributed by atoms with van der Waals surface area (Å²) in [5, 5.41) is 3.17. The first-order valence-electron chi connectivity index (χ1n) is 8.74. The second kappa shape index (κ2) is 9.53. The molecule has 0 aromatic heterocycles. The summed E-state index contributed by atoms with van der Waals surface area (Å²) in [5.41, 5.74) is 8.28. The monoisotopic (exact) mass is 317 g/mol. The largest absolute Gasteiger partial charge is 0.370 e. The number of piperazine rings is 1. The van der Waals surface area contributed by atoms with E-state index in [2.05, 4.69) is 46.2 Å². The zero-order chi connectivity index (χ0) is 16.5. The van der Waals surface area contributed by atoms with Gasteiger partial charge in [-0.25, -0.2) is 0 Å². The molecule has 1 aromatic carbocycles. The van der Waals surface area contributed by atoms with E-state index in [4.69, 9.17) is 5.73 Å². The van der Waals surface area contributed by atoms with Crippen molar-refractivity contribution in [2.24, 2.45) is 10.7 Å². The van der Waals surface area contributed by atoms with Crippen LogP contribution in [0.2, 0.25) is 0 Å². The van der Waals surface area contributed by atoms with Gasteiger partial charge in [0.15, 0.2) is 5.96 Å². The van der Waals surface area contributed by atoms with Gasteiger partial charge >= 0.3 is 0 Å². The van der Waals surface area contributed by atoms with E-state index in [-0.39, 0.29) is 0 Å². The van der Waals surface area contributed by atoms with Crippen molar-refractivity contribution in [3.63, 3.8) is 0 Å². The summed E-state index contributed by atoms with van der Waals surface area (Å²) in [4.78, 5) is 9.36. The molecule has 1 aromatic rings. The number of nitrogens with two attached hydrogens (primary N) is 1. The molecule has 0 amide bonds. The second-order valence-corrected chi connectivity index (χ2v) is 6.30. The predicted molar refractivity (Wildman–Crippen MR) is 99.1 cm³/mol. The van der Waals surface area contributed by atoms with Gasteiger partial charge < -0.3 is 20.9 Å². The molecule has 1 fully saturated rings. The van der Waals surface area contributed by atoms with Gasteiger partial charge in [0.1, 0.15) is 0 Å². The molecule has 3 N–H and O–H groups in total. The normalized spacial score (nSPS) is 17.4. The molecule has 1 heterocycles. The Kier molecular flexibility index (Phi) is 7.36. The van der Waals surface area contributed by atoms with Crippen LogP contribution in [0.5, 0.6) is 0 Å². The predicted octanol–water partition coefficient (Wildman–Crippen LogP) is 2.00. The first-order valence-corrected chi connectivity index (χ1v) is 8.74. The van der Waals surface area contributed by atoms with Gasteiger partial charge in [0.25, 0.3) is 0 Å². The number of benzene rings is 1. The van der Waals surface area contributed by atoms with Gasteiger partial charge in [-0.15, -0.1) is 0 Å². The molecule has 5 heteroatoms. The summed E-state index contributed by atoms with van der Waals surface area (Å²) >= 11 is 0. The third kappa shape index (κ3) is 6.59. The number of likely N-dealkylation sites (N-methyl/N-ethyl adjacent to an activating group) is 1. The third-order valence-electron chi connectivity index (χ3n) is 4.37. The summed E-state index contributed by atoms with van der Waals surface area (Å²) < 4.78 is 0. The molecular formula is C18H31N5. The lowest BCUT2D eigenvalue weighted by Gasteiger charge is -2.32. The molecule has 23 heavy (non-hydrogen) atoms. The highest BCUT2D eigenvalue weighted by molar-refractivity contribution is 5.92. The molecule has 128 valence electrons. The van der Waals surface area contributed by atoms with Gasteiger partial charge in [-0.05, 0) is 50.6 Å². The smallest absolute Gasteiger partial charge is 0.193 e. The van der Waals surface area contributed by atoms with Gasteiger partial charge in [-0.3, -0.25) is 4.99 Å². The highest BCUT2D eigenvalue weighted by Gasteiger charge is 2.12. The van der Waals surface area contributed by atoms with Crippen LogP contribution in [0.4, 0.5) is 5.69 Å². The van der Waals surface area contributed by atoms with Crippen molar-refractivity contribution in [1.29, 1.82) is 0 Å². The number of hydrogen-bond acceptors (Lipinski definition) is 3. The Hall–Kier alpha value is -1.59. The number of aryl methyl sites for hydroxylation is 1. The molecule has 0 spiro atoms. The fraction of sp³-hybridized carbons (Fsp3) is 0.611. The van der Waals surface area contributed by atoms with Crippen LogP contribution in [-0.4, -0.2) is 62.1 Å². The molecule has 0 bridgehead atoms. The molecule has 0 unspecified atom stereocenters. The standard InChI is InChI=1S/C18H31N5/c1-3-16-7-6-8-17(15-16)21-18(19)20-9-4-5-10-23-13-11-22(2)12-14-23/h6-8,15H,3-5,9-14H2,1-2H3,(H3,19,20,21). The Balaban J connectivity index is 1.63. The van der Waals surface area contributed by atoms with Crippen molar-refractivity contribution >= 4 is 11.6 Å². The summed E-state index contributed by atoms with van der Waals surface area (Å²) in [6.07, 6.45) is 3.30. The Morgan fingerprint density at radius 3 is 2.74 bits per heavy atom. The quantitative estimate of drug-likeness (QED) is 0.459. The van der Waals surface area contributed by atoms with Crippen molar-refractivity contribution in [3.05, 3.63) is 29.8 Å². The number of nitrogens with one attached hydrogen (secondary N) is 1. The second-order valence-electron chi connectivity index (χ2n) is 6.30. The summed E-state index contributed by atoms with van der Waals surface area (Å²) in [6, 6.07) is 8.31. The lowest BCUT2D eigenvalue weighted by atomic mass is 10.1. The lowest BCUT2D eigenvalue weighted by Crippen LogP contribution is -2.44. The van der Waals surface area contributed by atoms with E-state index in [1.807, 2.05) is 12.1 Å². The maximum atomic E-state index is 5.96. The molecule has 1 aliphatic heterocycles. The SMILES string of the molecule is CCc1cccc(NC(N)=NCCCCN2CCN(C)CC2)c1. The van der Waals surface area contributed by atoms with E-state index >= 15 is 0 Å². The molecule has 0 aliphatic carbocycles. The average molecular weight is 317 g/mol. The zero-order valence-corrected chi connectivity index (χ0v) is 14.6. The lowest BCUT2D eigenvalue weighted by molar-refractivity contribution is 0.152. The summed E-state index contributed by atoms with van der Waals surface area (Å²) in [5.74, 6) is 0.512. The highest BCUT2D eigenvalue weighted by atomic mass is 15.2. The first kappa shape index (κ1) is 17.8. The van der Waals surface area contributed by atoms with Gasteiger partial charge in [0, 0.05) is 38.4 Å². The van der Waals surface area contributed by atoms with Crippen LogP contribution in [0, 0.1) is 0 Å². The fourth-order valence-electron chi connectivity index (χ4n) is 2.77. The molecule has 0 saturated carbocycles. The van der Waals surface area contributed by atoms with E-state index in [1.165, 1.54) is 44.7 Å². The maximum Gasteiger partial charge on any atom is 0.193 e. The molecule has 0 atom stereocenters. The third-order valence-corrected chi connectivity index (χ3v) is 4.37. The number of nitrogens with zero attached hydrogens (tertiary/aromatic N) is 3. The van der Waals surface area contributed by atoms with Gasteiger partial charge in [0.2, 0.25) is 0 Å². The molecule has 2 rings (SSSR count). The number of anilines is 1. The highest BCUT2D eigenvalue weighted by Crippen LogP contribution is 2.10. The van der Waals surface area contributed by atoms with Crippen molar-refractivity contribution in [2.45, 2.75) is 26.2 Å².